The van der Waals surface area contributed by atoms with Crippen LogP contribution in [0.3, 0.4) is 0 Å². The van der Waals surface area contributed by atoms with E-state index < -0.39 is 5.60 Å². The minimum atomic E-state index is -0.824. The number of methoxy groups -OCH3 is 1. The van der Waals surface area contributed by atoms with Crippen LogP contribution < -0.4 is 4.74 Å². The Bertz CT molecular complexity index is 739. The summed E-state index contributed by atoms with van der Waals surface area (Å²) in [6.45, 7) is 0.304. The molecule has 2 aliphatic heterocycles. The van der Waals surface area contributed by atoms with Gasteiger partial charge in [-0.05, 0) is 12.1 Å². The van der Waals surface area contributed by atoms with Crippen LogP contribution in [-0.2, 0) is 19.9 Å². The number of fused-ring (bicyclic) bond motifs is 5. The molecule has 0 radical (unpaired) electrons. The molecular formula is C18H16O4. The number of benzene rings is 2. The summed E-state index contributed by atoms with van der Waals surface area (Å²) in [6.07, 6.45) is 0.331. The van der Waals surface area contributed by atoms with Crippen molar-refractivity contribution in [2.75, 3.05) is 13.7 Å². The molecule has 2 aromatic rings. The molecule has 4 heteroatoms. The van der Waals surface area contributed by atoms with Crippen molar-refractivity contribution in [2.24, 2.45) is 0 Å². The highest BCUT2D eigenvalue weighted by atomic mass is 16.6. The van der Waals surface area contributed by atoms with Gasteiger partial charge in [-0.15, -0.1) is 0 Å². The molecule has 1 saturated heterocycles. The maximum Gasteiger partial charge on any atom is 0.307 e. The van der Waals surface area contributed by atoms with E-state index in [-0.39, 0.29) is 11.9 Å². The monoisotopic (exact) mass is 296 g/mol. The third kappa shape index (κ3) is 1.77. The maximum absolute atomic E-state index is 12.1. The SMILES string of the molecule is COCC12OC(=O)CC1c1ccccc1Oc1ccccc12. The minimum Gasteiger partial charge on any atom is -0.457 e. The first kappa shape index (κ1) is 13.3. The van der Waals surface area contributed by atoms with Gasteiger partial charge in [-0.2, -0.15) is 0 Å². The molecule has 1 fully saturated rings. The molecule has 4 nitrogen and oxygen atoms in total. The summed E-state index contributed by atoms with van der Waals surface area (Å²) in [6, 6.07) is 15.5. The largest absolute Gasteiger partial charge is 0.457 e. The van der Waals surface area contributed by atoms with Gasteiger partial charge in [-0.3, -0.25) is 4.79 Å². The third-order valence-electron chi connectivity index (χ3n) is 4.45. The molecule has 2 atom stereocenters. The quantitative estimate of drug-likeness (QED) is 0.797. The Kier molecular flexibility index (Phi) is 2.94. The number of hydrogen-bond acceptors (Lipinski definition) is 4. The fourth-order valence-corrected chi connectivity index (χ4v) is 3.56. The second kappa shape index (κ2) is 4.85. The average Bonchev–Trinajstić information content (AvgIpc) is 2.81. The van der Waals surface area contributed by atoms with Gasteiger partial charge in [0.05, 0.1) is 13.0 Å². The van der Waals surface area contributed by atoms with E-state index in [1.54, 1.807) is 7.11 Å². The van der Waals surface area contributed by atoms with Crippen molar-refractivity contribution in [2.45, 2.75) is 17.9 Å². The first-order valence-corrected chi connectivity index (χ1v) is 7.31. The van der Waals surface area contributed by atoms with Crippen LogP contribution in [0.25, 0.3) is 0 Å². The van der Waals surface area contributed by atoms with Gasteiger partial charge in [0, 0.05) is 24.2 Å². The lowest BCUT2D eigenvalue weighted by Crippen LogP contribution is -2.36. The van der Waals surface area contributed by atoms with Gasteiger partial charge in [0.15, 0.2) is 5.60 Å². The van der Waals surface area contributed by atoms with E-state index in [1.807, 2.05) is 48.5 Å². The molecule has 2 heterocycles. The number of hydrogen-bond donors (Lipinski definition) is 0. The molecule has 0 bridgehead atoms. The maximum atomic E-state index is 12.1. The van der Waals surface area contributed by atoms with Gasteiger partial charge in [0.2, 0.25) is 0 Å². The van der Waals surface area contributed by atoms with Crippen molar-refractivity contribution in [3.63, 3.8) is 0 Å². The number of para-hydroxylation sites is 2. The Balaban J connectivity index is 2.01. The molecule has 0 N–H and O–H groups in total. The molecular weight excluding hydrogens is 280 g/mol. The first-order chi connectivity index (χ1) is 10.7. The van der Waals surface area contributed by atoms with Crippen LogP contribution in [0, 0.1) is 0 Å². The highest BCUT2D eigenvalue weighted by Gasteiger charge is 2.54. The van der Waals surface area contributed by atoms with E-state index in [1.165, 1.54) is 0 Å². The first-order valence-electron chi connectivity index (χ1n) is 7.31. The predicted molar refractivity (Wildman–Crippen MR) is 80.0 cm³/mol. The number of carbonyl (C=O) groups excluding carboxylic acids is 1. The number of rotatable bonds is 2. The van der Waals surface area contributed by atoms with E-state index >= 15 is 0 Å². The summed E-state index contributed by atoms with van der Waals surface area (Å²) in [5, 5.41) is 0. The van der Waals surface area contributed by atoms with Gasteiger partial charge in [0.25, 0.3) is 0 Å². The Labute approximate surface area is 128 Å². The molecule has 0 saturated carbocycles. The van der Waals surface area contributed by atoms with E-state index in [4.69, 9.17) is 14.2 Å². The molecule has 0 spiro atoms. The lowest BCUT2D eigenvalue weighted by Gasteiger charge is -2.32. The lowest BCUT2D eigenvalue weighted by atomic mass is 9.78. The molecule has 2 unspecified atom stereocenters. The molecule has 2 aliphatic rings. The topological polar surface area (TPSA) is 44.8 Å². The van der Waals surface area contributed by atoms with Crippen LogP contribution in [0.5, 0.6) is 11.5 Å². The fourth-order valence-electron chi connectivity index (χ4n) is 3.56. The van der Waals surface area contributed by atoms with Crippen LogP contribution in [0.4, 0.5) is 0 Å². The number of ether oxygens (including phenoxy) is 3. The van der Waals surface area contributed by atoms with Crippen molar-refractivity contribution in [1.29, 1.82) is 0 Å². The second-order valence-electron chi connectivity index (χ2n) is 5.69. The molecule has 4 rings (SSSR count). The molecule has 0 aliphatic carbocycles. The van der Waals surface area contributed by atoms with Gasteiger partial charge >= 0.3 is 5.97 Å². The van der Waals surface area contributed by atoms with Crippen LogP contribution >= 0.6 is 0 Å². The molecule has 0 aromatic heterocycles. The zero-order valence-electron chi connectivity index (χ0n) is 12.2. The normalized spacial score (nSPS) is 25.3. The van der Waals surface area contributed by atoms with Crippen molar-refractivity contribution in [1.82, 2.24) is 0 Å². The smallest absolute Gasteiger partial charge is 0.307 e. The molecule has 0 amide bonds. The van der Waals surface area contributed by atoms with E-state index in [0.717, 1.165) is 16.9 Å². The predicted octanol–water partition coefficient (Wildman–Crippen LogP) is 3.36. The highest BCUT2D eigenvalue weighted by molar-refractivity contribution is 5.76. The van der Waals surface area contributed by atoms with Gasteiger partial charge in [-0.25, -0.2) is 0 Å². The molecule has 2 aromatic carbocycles. The zero-order chi connectivity index (χ0) is 15.2. The summed E-state index contributed by atoms with van der Waals surface area (Å²) < 4.78 is 17.3. The van der Waals surface area contributed by atoms with Crippen molar-refractivity contribution in [3.05, 3.63) is 59.7 Å². The Morgan fingerprint density at radius 2 is 1.86 bits per heavy atom. The van der Waals surface area contributed by atoms with Gasteiger partial charge in [-0.1, -0.05) is 36.4 Å². The van der Waals surface area contributed by atoms with Crippen LogP contribution in [-0.4, -0.2) is 19.7 Å². The zero-order valence-corrected chi connectivity index (χ0v) is 12.2. The Morgan fingerprint density at radius 1 is 1.14 bits per heavy atom. The summed E-state index contributed by atoms with van der Waals surface area (Å²) in [7, 11) is 1.62. The average molecular weight is 296 g/mol. The van der Waals surface area contributed by atoms with E-state index in [0.29, 0.717) is 18.8 Å². The summed E-state index contributed by atoms with van der Waals surface area (Å²) in [5.74, 6) is 1.17. The summed E-state index contributed by atoms with van der Waals surface area (Å²) in [4.78, 5) is 12.1. The summed E-state index contributed by atoms with van der Waals surface area (Å²) >= 11 is 0. The molecule has 112 valence electrons. The Hall–Kier alpha value is -2.33. The third-order valence-corrected chi connectivity index (χ3v) is 4.45. The summed E-state index contributed by atoms with van der Waals surface area (Å²) in [5.41, 5.74) is 1.03. The Morgan fingerprint density at radius 3 is 2.68 bits per heavy atom. The minimum absolute atomic E-state index is 0.111. The van der Waals surface area contributed by atoms with E-state index in [9.17, 15) is 4.79 Å². The van der Waals surface area contributed by atoms with Gasteiger partial charge < -0.3 is 14.2 Å². The van der Waals surface area contributed by atoms with Crippen LogP contribution in [0.2, 0.25) is 0 Å². The van der Waals surface area contributed by atoms with Crippen molar-refractivity contribution >= 4 is 5.97 Å². The lowest BCUT2D eigenvalue weighted by molar-refractivity contribution is -0.154. The number of carbonyl (C=O) groups is 1. The standard InChI is InChI=1S/C18H16O4/c1-20-11-18-13-7-3-5-9-16(13)21-15-8-4-2-6-12(15)14(18)10-17(19)22-18/h2-9,14H,10-11H2,1H3. The van der Waals surface area contributed by atoms with Crippen LogP contribution in [0.15, 0.2) is 48.5 Å². The highest BCUT2D eigenvalue weighted by Crippen LogP contribution is 2.55. The fraction of sp³-hybridized carbons (Fsp3) is 0.278. The van der Waals surface area contributed by atoms with Crippen LogP contribution in [0.1, 0.15) is 23.5 Å². The van der Waals surface area contributed by atoms with E-state index in [2.05, 4.69) is 0 Å². The van der Waals surface area contributed by atoms with Gasteiger partial charge in [0.1, 0.15) is 11.5 Å². The van der Waals surface area contributed by atoms with Crippen molar-refractivity contribution < 1.29 is 19.0 Å². The molecule has 22 heavy (non-hydrogen) atoms. The number of esters is 1. The second-order valence-corrected chi connectivity index (χ2v) is 5.69. The van der Waals surface area contributed by atoms with Crippen molar-refractivity contribution in [3.8, 4) is 11.5 Å².